The zero-order valence-corrected chi connectivity index (χ0v) is 12.2. The standard InChI is InChI=1S/C18H18N2O2/c19-17(18(21)22)12-7-8-16-14(9-12)13-3-1-2-4-15(13)20(16)10-11-5-6-11/h1-4,7-9,11,17H,5-6,10,19H2,(H,21,22). The maximum Gasteiger partial charge on any atom is 0.325 e. The van der Waals surface area contributed by atoms with Gasteiger partial charge in [-0.15, -0.1) is 0 Å². The van der Waals surface area contributed by atoms with Crippen molar-refractivity contribution in [3.8, 4) is 0 Å². The van der Waals surface area contributed by atoms with Crippen LogP contribution < -0.4 is 5.73 Å². The molecule has 0 saturated heterocycles. The Balaban J connectivity index is 1.95. The third-order valence-corrected chi connectivity index (χ3v) is 4.56. The highest BCUT2D eigenvalue weighted by Gasteiger charge is 2.24. The van der Waals surface area contributed by atoms with Crippen molar-refractivity contribution < 1.29 is 9.90 Å². The first kappa shape index (κ1) is 13.3. The molecule has 4 nitrogen and oxygen atoms in total. The molecule has 0 amide bonds. The van der Waals surface area contributed by atoms with E-state index in [9.17, 15) is 4.79 Å². The highest BCUT2D eigenvalue weighted by Crippen LogP contribution is 2.36. The first-order chi connectivity index (χ1) is 10.6. The van der Waals surface area contributed by atoms with Gasteiger partial charge in [-0.05, 0) is 42.5 Å². The van der Waals surface area contributed by atoms with Crippen molar-refractivity contribution in [1.82, 2.24) is 4.57 Å². The zero-order chi connectivity index (χ0) is 15.3. The lowest BCUT2D eigenvalue weighted by atomic mass is 10.0. The highest BCUT2D eigenvalue weighted by molar-refractivity contribution is 6.08. The number of nitrogens with two attached hydrogens (primary N) is 1. The van der Waals surface area contributed by atoms with Gasteiger partial charge in [-0.2, -0.15) is 0 Å². The fraction of sp³-hybridized carbons (Fsp3) is 0.278. The molecule has 1 fully saturated rings. The van der Waals surface area contributed by atoms with Gasteiger partial charge in [0.2, 0.25) is 0 Å². The number of carboxylic acids is 1. The van der Waals surface area contributed by atoms with Crippen LogP contribution in [0.2, 0.25) is 0 Å². The number of benzene rings is 2. The van der Waals surface area contributed by atoms with Gasteiger partial charge in [0.1, 0.15) is 6.04 Å². The first-order valence-corrected chi connectivity index (χ1v) is 7.64. The fourth-order valence-corrected chi connectivity index (χ4v) is 3.16. The van der Waals surface area contributed by atoms with Gasteiger partial charge in [-0.1, -0.05) is 24.3 Å². The number of hydrogen-bond acceptors (Lipinski definition) is 2. The summed E-state index contributed by atoms with van der Waals surface area (Å²) < 4.78 is 2.36. The summed E-state index contributed by atoms with van der Waals surface area (Å²) in [6.45, 7) is 1.04. The number of rotatable bonds is 4. The van der Waals surface area contributed by atoms with E-state index in [1.807, 2.05) is 24.3 Å². The fourth-order valence-electron chi connectivity index (χ4n) is 3.16. The number of aliphatic carboxylic acids is 1. The van der Waals surface area contributed by atoms with Gasteiger partial charge >= 0.3 is 5.97 Å². The van der Waals surface area contributed by atoms with E-state index in [2.05, 4.69) is 22.8 Å². The zero-order valence-electron chi connectivity index (χ0n) is 12.2. The Hall–Kier alpha value is -2.33. The van der Waals surface area contributed by atoms with Crippen LogP contribution >= 0.6 is 0 Å². The molecule has 0 spiro atoms. The van der Waals surface area contributed by atoms with Gasteiger partial charge in [-0.3, -0.25) is 4.79 Å². The number of hydrogen-bond donors (Lipinski definition) is 2. The molecule has 1 heterocycles. The number of aromatic nitrogens is 1. The van der Waals surface area contributed by atoms with E-state index in [0.29, 0.717) is 5.56 Å². The van der Waals surface area contributed by atoms with Crippen molar-refractivity contribution in [3.05, 3.63) is 48.0 Å². The molecule has 0 radical (unpaired) electrons. The maximum atomic E-state index is 11.1. The Bertz CT molecular complexity index is 877. The van der Waals surface area contributed by atoms with Crippen molar-refractivity contribution in [2.24, 2.45) is 11.7 Å². The summed E-state index contributed by atoms with van der Waals surface area (Å²) >= 11 is 0. The lowest BCUT2D eigenvalue weighted by Gasteiger charge is -2.08. The molecule has 112 valence electrons. The van der Waals surface area contributed by atoms with E-state index in [-0.39, 0.29) is 0 Å². The van der Waals surface area contributed by atoms with Crippen LogP contribution in [0, 0.1) is 5.92 Å². The highest BCUT2D eigenvalue weighted by atomic mass is 16.4. The number of nitrogens with zero attached hydrogens (tertiary/aromatic N) is 1. The van der Waals surface area contributed by atoms with Gasteiger partial charge < -0.3 is 15.4 Å². The molecule has 4 rings (SSSR count). The van der Waals surface area contributed by atoms with Crippen molar-refractivity contribution >= 4 is 27.8 Å². The second kappa shape index (κ2) is 4.85. The summed E-state index contributed by atoms with van der Waals surface area (Å²) in [4.78, 5) is 11.1. The number of carboxylic acid groups (broad SMARTS) is 1. The summed E-state index contributed by atoms with van der Waals surface area (Å²) in [5, 5.41) is 11.4. The minimum Gasteiger partial charge on any atom is -0.480 e. The molecule has 0 bridgehead atoms. The normalized spacial score (nSPS) is 16.2. The van der Waals surface area contributed by atoms with Crippen molar-refractivity contribution in [2.45, 2.75) is 25.4 Å². The third-order valence-electron chi connectivity index (χ3n) is 4.56. The minimum absolute atomic E-state index is 0.648. The Labute approximate surface area is 128 Å². The predicted molar refractivity (Wildman–Crippen MR) is 86.7 cm³/mol. The van der Waals surface area contributed by atoms with Gasteiger partial charge in [0.15, 0.2) is 0 Å². The van der Waals surface area contributed by atoms with E-state index >= 15 is 0 Å². The molecule has 3 N–H and O–H groups in total. The largest absolute Gasteiger partial charge is 0.480 e. The molecule has 1 saturated carbocycles. The average Bonchev–Trinajstić information content (AvgIpc) is 3.30. The molecule has 22 heavy (non-hydrogen) atoms. The van der Waals surface area contributed by atoms with Gasteiger partial charge in [0.25, 0.3) is 0 Å². The van der Waals surface area contributed by atoms with Gasteiger partial charge in [0, 0.05) is 28.4 Å². The van der Waals surface area contributed by atoms with Crippen molar-refractivity contribution in [3.63, 3.8) is 0 Å². The monoisotopic (exact) mass is 294 g/mol. The molecule has 1 aliphatic rings. The molecule has 1 unspecified atom stereocenters. The quantitative estimate of drug-likeness (QED) is 0.776. The molecule has 2 aromatic carbocycles. The van der Waals surface area contributed by atoms with E-state index < -0.39 is 12.0 Å². The lowest BCUT2D eigenvalue weighted by molar-refractivity contribution is -0.138. The molecule has 1 aromatic heterocycles. The van der Waals surface area contributed by atoms with Crippen LogP contribution in [-0.2, 0) is 11.3 Å². The topological polar surface area (TPSA) is 68.2 Å². The number of para-hydroxylation sites is 1. The van der Waals surface area contributed by atoms with Crippen LogP contribution in [0.3, 0.4) is 0 Å². The Kier molecular flexibility index (Phi) is 2.94. The Morgan fingerprint density at radius 3 is 2.64 bits per heavy atom. The molecule has 4 heteroatoms. The van der Waals surface area contributed by atoms with Crippen LogP contribution in [-0.4, -0.2) is 15.6 Å². The first-order valence-electron chi connectivity index (χ1n) is 7.64. The molecule has 1 atom stereocenters. The van der Waals surface area contributed by atoms with Crippen LogP contribution in [0.4, 0.5) is 0 Å². The molecular formula is C18H18N2O2. The summed E-state index contributed by atoms with van der Waals surface area (Å²) in [7, 11) is 0. The Morgan fingerprint density at radius 2 is 1.91 bits per heavy atom. The SMILES string of the molecule is NC(C(=O)O)c1ccc2c(c1)c1ccccc1n2CC1CC1. The van der Waals surface area contributed by atoms with Crippen LogP contribution in [0.15, 0.2) is 42.5 Å². The summed E-state index contributed by atoms with van der Waals surface area (Å²) in [6, 6.07) is 13.1. The van der Waals surface area contributed by atoms with E-state index in [1.54, 1.807) is 0 Å². The summed E-state index contributed by atoms with van der Waals surface area (Å²) in [5.41, 5.74) is 8.79. The van der Waals surface area contributed by atoms with Gasteiger partial charge in [0.05, 0.1) is 0 Å². The van der Waals surface area contributed by atoms with E-state index in [1.165, 1.54) is 18.4 Å². The van der Waals surface area contributed by atoms with E-state index in [0.717, 1.165) is 28.8 Å². The Morgan fingerprint density at radius 1 is 1.18 bits per heavy atom. The van der Waals surface area contributed by atoms with E-state index in [4.69, 9.17) is 10.8 Å². The number of carbonyl (C=O) groups is 1. The molecule has 1 aliphatic carbocycles. The molecule has 0 aliphatic heterocycles. The predicted octanol–water partition coefficient (Wildman–Crippen LogP) is 3.29. The second-order valence-corrected chi connectivity index (χ2v) is 6.16. The maximum absolute atomic E-state index is 11.1. The second-order valence-electron chi connectivity index (χ2n) is 6.16. The summed E-state index contributed by atoms with van der Waals surface area (Å²) in [5.74, 6) is -0.221. The average molecular weight is 294 g/mol. The van der Waals surface area contributed by atoms with Crippen LogP contribution in [0.5, 0.6) is 0 Å². The molecular weight excluding hydrogens is 276 g/mol. The summed E-state index contributed by atoms with van der Waals surface area (Å²) in [6.07, 6.45) is 2.60. The van der Waals surface area contributed by atoms with Crippen molar-refractivity contribution in [2.75, 3.05) is 0 Å². The lowest BCUT2D eigenvalue weighted by Crippen LogP contribution is -2.20. The minimum atomic E-state index is -0.999. The van der Waals surface area contributed by atoms with Crippen LogP contribution in [0.25, 0.3) is 21.8 Å². The molecule has 3 aromatic rings. The third kappa shape index (κ3) is 2.07. The van der Waals surface area contributed by atoms with Crippen molar-refractivity contribution in [1.29, 1.82) is 0 Å². The van der Waals surface area contributed by atoms with Gasteiger partial charge in [-0.25, -0.2) is 0 Å². The number of fused-ring (bicyclic) bond motifs is 3. The van der Waals surface area contributed by atoms with Crippen LogP contribution in [0.1, 0.15) is 24.4 Å². The smallest absolute Gasteiger partial charge is 0.325 e.